The SMILES string of the molecule is Cc1cccc(C)c1Oc1c(Cl)cc(O)cc1Cl. The molecule has 0 amide bonds. The molecule has 0 aliphatic rings. The first-order valence-corrected chi connectivity index (χ1v) is 6.16. The van der Waals surface area contributed by atoms with E-state index in [1.54, 1.807) is 0 Å². The van der Waals surface area contributed by atoms with Gasteiger partial charge in [0.05, 0.1) is 10.0 Å². The van der Waals surface area contributed by atoms with Crippen molar-refractivity contribution in [2.24, 2.45) is 0 Å². The second kappa shape index (κ2) is 5.09. The van der Waals surface area contributed by atoms with Crippen molar-refractivity contribution in [3.63, 3.8) is 0 Å². The number of rotatable bonds is 2. The molecule has 2 aromatic rings. The molecule has 2 aromatic carbocycles. The number of hydrogen-bond donors (Lipinski definition) is 1. The average molecular weight is 283 g/mol. The number of phenols is 1. The molecule has 0 bridgehead atoms. The molecular formula is C14H12Cl2O2. The highest BCUT2D eigenvalue weighted by Crippen LogP contribution is 2.40. The summed E-state index contributed by atoms with van der Waals surface area (Å²) in [4.78, 5) is 0. The zero-order valence-corrected chi connectivity index (χ0v) is 11.5. The van der Waals surface area contributed by atoms with E-state index in [9.17, 15) is 5.11 Å². The van der Waals surface area contributed by atoms with Crippen molar-refractivity contribution >= 4 is 23.2 Å². The van der Waals surface area contributed by atoms with Crippen LogP contribution in [0.2, 0.25) is 10.0 Å². The van der Waals surface area contributed by atoms with Crippen molar-refractivity contribution in [3.05, 3.63) is 51.5 Å². The summed E-state index contributed by atoms with van der Waals surface area (Å²) in [5, 5.41) is 9.93. The summed E-state index contributed by atoms with van der Waals surface area (Å²) in [5.41, 5.74) is 1.99. The van der Waals surface area contributed by atoms with Crippen molar-refractivity contribution in [1.29, 1.82) is 0 Å². The topological polar surface area (TPSA) is 29.5 Å². The van der Waals surface area contributed by atoms with Crippen molar-refractivity contribution in [2.45, 2.75) is 13.8 Å². The molecule has 0 aromatic heterocycles. The van der Waals surface area contributed by atoms with E-state index in [4.69, 9.17) is 27.9 Å². The van der Waals surface area contributed by atoms with Gasteiger partial charge < -0.3 is 9.84 Å². The number of halogens is 2. The van der Waals surface area contributed by atoms with Crippen LogP contribution in [0.4, 0.5) is 0 Å². The smallest absolute Gasteiger partial charge is 0.164 e. The first kappa shape index (κ1) is 13.1. The second-order valence-corrected chi connectivity index (χ2v) is 4.88. The molecule has 0 unspecified atom stereocenters. The largest absolute Gasteiger partial charge is 0.508 e. The minimum absolute atomic E-state index is 0.0128. The van der Waals surface area contributed by atoms with E-state index in [-0.39, 0.29) is 15.8 Å². The van der Waals surface area contributed by atoms with Crippen LogP contribution in [0.25, 0.3) is 0 Å². The van der Waals surface area contributed by atoms with E-state index in [2.05, 4.69) is 0 Å². The maximum atomic E-state index is 9.37. The van der Waals surface area contributed by atoms with Gasteiger partial charge in [-0.2, -0.15) is 0 Å². The molecule has 2 rings (SSSR count). The van der Waals surface area contributed by atoms with Gasteiger partial charge in [-0.3, -0.25) is 0 Å². The Bertz CT molecular complexity index is 551. The second-order valence-electron chi connectivity index (χ2n) is 4.06. The van der Waals surface area contributed by atoms with Crippen LogP contribution in [0, 0.1) is 13.8 Å². The van der Waals surface area contributed by atoms with E-state index in [0.29, 0.717) is 5.75 Å². The van der Waals surface area contributed by atoms with Crippen LogP contribution in [0.5, 0.6) is 17.2 Å². The zero-order valence-electron chi connectivity index (χ0n) is 10.00. The number of aromatic hydroxyl groups is 1. The summed E-state index contributed by atoms with van der Waals surface area (Å²) in [6.45, 7) is 3.90. The fourth-order valence-electron chi connectivity index (χ4n) is 1.71. The highest BCUT2D eigenvalue weighted by molar-refractivity contribution is 6.37. The third-order valence-electron chi connectivity index (χ3n) is 2.60. The Morgan fingerprint density at radius 3 is 1.94 bits per heavy atom. The summed E-state index contributed by atoms with van der Waals surface area (Å²) in [7, 11) is 0. The molecule has 4 heteroatoms. The molecular weight excluding hydrogens is 271 g/mol. The molecule has 0 atom stereocenters. The van der Waals surface area contributed by atoms with Crippen molar-refractivity contribution in [1.82, 2.24) is 0 Å². The van der Waals surface area contributed by atoms with Crippen molar-refractivity contribution < 1.29 is 9.84 Å². The normalized spacial score (nSPS) is 10.4. The molecule has 0 aliphatic carbocycles. The number of hydrogen-bond acceptors (Lipinski definition) is 2. The Kier molecular flexibility index (Phi) is 3.69. The van der Waals surface area contributed by atoms with E-state index in [0.717, 1.165) is 16.9 Å². The maximum Gasteiger partial charge on any atom is 0.164 e. The number of benzene rings is 2. The van der Waals surface area contributed by atoms with Crippen LogP contribution in [-0.2, 0) is 0 Å². The Morgan fingerprint density at radius 1 is 0.944 bits per heavy atom. The zero-order chi connectivity index (χ0) is 13.3. The highest BCUT2D eigenvalue weighted by Gasteiger charge is 2.13. The first-order chi connectivity index (χ1) is 8.49. The minimum Gasteiger partial charge on any atom is -0.508 e. The Balaban J connectivity index is 2.47. The van der Waals surface area contributed by atoms with Crippen LogP contribution in [0.1, 0.15) is 11.1 Å². The average Bonchev–Trinajstić information content (AvgIpc) is 2.26. The molecule has 0 radical (unpaired) electrons. The van der Waals surface area contributed by atoms with Crippen LogP contribution in [0.15, 0.2) is 30.3 Å². The quantitative estimate of drug-likeness (QED) is 0.830. The number of aryl methyl sites for hydroxylation is 2. The molecule has 0 saturated carbocycles. The van der Waals surface area contributed by atoms with Gasteiger partial charge in [0.1, 0.15) is 11.5 Å². The van der Waals surface area contributed by atoms with E-state index in [1.165, 1.54) is 12.1 Å². The van der Waals surface area contributed by atoms with Crippen molar-refractivity contribution in [3.8, 4) is 17.2 Å². The number of phenolic OH excluding ortho intramolecular Hbond substituents is 1. The lowest BCUT2D eigenvalue weighted by Gasteiger charge is -2.14. The molecule has 1 N–H and O–H groups in total. The molecule has 0 heterocycles. The number of ether oxygens (including phenoxy) is 1. The Hall–Kier alpha value is -1.38. The van der Waals surface area contributed by atoms with E-state index >= 15 is 0 Å². The molecule has 2 nitrogen and oxygen atoms in total. The Morgan fingerprint density at radius 2 is 1.44 bits per heavy atom. The maximum absolute atomic E-state index is 9.37. The standard InChI is InChI=1S/C14H12Cl2O2/c1-8-4-3-5-9(2)13(8)18-14-11(15)6-10(17)7-12(14)16/h3-7,17H,1-2H3. The van der Waals surface area contributed by atoms with Crippen LogP contribution < -0.4 is 4.74 Å². The van der Waals surface area contributed by atoms with Gasteiger partial charge in [0, 0.05) is 12.1 Å². The van der Waals surface area contributed by atoms with Crippen LogP contribution in [-0.4, -0.2) is 5.11 Å². The summed E-state index contributed by atoms with van der Waals surface area (Å²) >= 11 is 12.0. The van der Waals surface area contributed by atoms with Gasteiger partial charge in [-0.1, -0.05) is 41.4 Å². The fourth-order valence-corrected chi connectivity index (χ4v) is 2.26. The fraction of sp³-hybridized carbons (Fsp3) is 0.143. The Labute approximate surface area is 116 Å². The lowest BCUT2D eigenvalue weighted by atomic mass is 10.1. The molecule has 0 spiro atoms. The third kappa shape index (κ3) is 2.55. The van der Waals surface area contributed by atoms with Crippen LogP contribution in [0.3, 0.4) is 0 Å². The summed E-state index contributed by atoms with van der Waals surface area (Å²) in [5.74, 6) is 1.10. The summed E-state index contributed by atoms with van der Waals surface area (Å²) in [6.07, 6.45) is 0. The van der Waals surface area contributed by atoms with Gasteiger partial charge in [-0.15, -0.1) is 0 Å². The van der Waals surface area contributed by atoms with Crippen LogP contribution >= 0.6 is 23.2 Å². The lowest BCUT2D eigenvalue weighted by Crippen LogP contribution is -1.92. The van der Waals surface area contributed by atoms with Gasteiger partial charge in [-0.05, 0) is 25.0 Å². The molecule has 0 aliphatic heterocycles. The van der Waals surface area contributed by atoms with E-state index in [1.807, 2.05) is 32.0 Å². The van der Waals surface area contributed by atoms with Gasteiger partial charge in [0.15, 0.2) is 5.75 Å². The molecule has 0 saturated heterocycles. The molecule has 94 valence electrons. The minimum atomic E-state index is 0.0128. The van der Waals surface area contributed by atoms with Gasteiger partial charge in [0.25, 0.3) is 0 Å². The third-order valence-corrected chi connectivity index (χ3v) is 3.16. The predicted molar refractivity (Wildman–Crippen MR) is 74.1 cm³/mol. The predicted octanol–water partition coefficient (Wildman–Crippen LogP) is 5.11. The van der Waals surface area contributed by atoms with Gasteiger partial charge >= 0.3 is 0 Å². The molecule has 0 fully saturated rings. The number of para-hydroxylation sites is 1. The summed E-state index contributed by atoms with van der Waals surface area (Å²) < 4.78 is 5.78. The highest BCUT2D eigenvalue weighted by atomic mass is 35.5. The summed E-state index contributed by atoms with van der Waals surface area (Å²) in [6, 6.07) is 8.65. The first-order valence-electron chi connectivity index (χ1n) is 5.41. The van der Waals surface area contributed by atoms with Gasteiger partial charge in [0.2, 0.25) is 0 Å². The van der Waals surface area contributed by atoms with E-state index < -0.39 is 0 Å². The monoisotopic (exact) mass is 282 g/mol. The van der Waals surface area contributed by atoms with Gasteiger partial charge in [-0.25, -0.2) is 0 Å². The lowest BCUT2D eigenvalue weighted by molar-refractivity contribution is 0.462. The molecule has 18 heavy (non-hydrogen) atoms. The van der Waals surface area contributed by atoms with Crippen molar-refractivity contribution in [2.75, 3.05) is 0 Å².